The molecule has 2 unspecified atom stereocenters. The first-order valence-corrected chi connectivity index (χ1v) is 6.96. The summed E-state index contributed by atoms with van der Waals surface area (Å²) in [7, 11) is 0. The first-order chi connectivity index (χ1) is 9.11. The second-order valence-electron chi connectivity index (χ2n) is 5.54. The number of carbonyl (C=O) groups is 2. The lowest BCUT2D eigenvalue weighted by molar-refractivity contribution is -0.139. The Morgan fingerprint density at radius 2 is 1.95 bits per heavy atom. The first kappa shape index (κ1) is 14.1. The Labute approximate surface area is 113 Å². The highest BCUT2D eigenvalue weighted by Crippen LogP contribution is 2.39. The fourth-order valence-corrected chi connectivity index (χ4v) is 3.48. The van der Waals surface area contributed by atoms with Crippen molar-refractivity contribution in [3.8, 4) is 0 Å². The second-order valence-corrected chi connectivity index (χ2v) is 5.54. The van der Waals surface area contributed by atoms with Crippen molar-refractivity contribution >= 4 is 11.9 Å². The number of nitrogens with one attached hydrogen (secondary N) is 1. The molecule has 0 aliphatic carbocycles. The molecule has 2 N–H and O–H groups in total. The number of carboxylic acid groups (broad SMARTS) is 1. The molecule has 2 bridgehead atoms. The van der Waals surface area contributed by atoms with Crippen molar-refractivity contribution in [2.45, 2.75) is 44.2 Å². The van der Waals surface area contributed by atoms with Gasteiger partial charge in [0.2, 0.25) is 5.91 Å². The predicted octanol–water partition coefficient (Wildman–Crippen LogP) is 1.01. The van der Waals surface area contributed by atoms with E-state index in [2.05, 4.69) is 11.9 Å². The summed E-state index contributed by atoms with van der Waals surface area (Å²) in [6.07, 6.45) is 5.71. The van der Waals surface area contributed by atoms with Crippen LogP contribution >= 0.6 is 0 Å². The van der Waals surface area contributed by atoms with Gasteiger partial charge in [-0.2, -0.15) is 0 Å². The van der Waals surface area contributed by atoms with Gasteiger partial charge in [0.25, 0.3) is 0 Å². The van der Waals surface area contributed by atoms with E-state index in [0.29, 0.717) is 13.1 Å². The summed E-state index contributed by atoms with van der Waals surface area (Å²) in [5.41, 5.74) is 0. The standard InChI is InChI=1S/C14H22N2O3/c1-2-5-15-9-13(17)16-11-3-4-12(16)7-10(6-11)8-14(18)19/h2,10-12,15H,1,3-9H2,(H,18,19). The van der Waals surface area contributed by atoms with Crippen molar-refractivity contribution in [2.75, 3.05) is 13.1 Å². The lowest BCUT2D eigenvalue weighted by atomic mass is 9.88. The van der Waals surface area contributed by atoms with Gasteiger partial charge in [-0.3, -0.25) is 9.59 Å². The van der Waals surface area contributed by atoms with Crippen molar-refractivity contribution in [3.05, 3.63) is 12.7 Å². The molecule has 0 spiro atoms. The van der Waals surface area contributed by atoms with Gasteiger partial charge < -0.3 is 15.3 Å². The molecule has 0 aromatic rings. The maximum Gasteiger partial charge on any atom is 0.303 e. The molecule has 0 aromatic carbocycles. The second kappa shape index (κ2) is 6.19. The van der Waals surface area contributed by atoms with Crippen LogP contribution in [0.2, 0.25) is 0 Å². The number of amides is 1. The van der Waals surface area contributed by atoms with Crippen LogP contribution in [0.15, 0.2) is 12.7 Å². The number of fused-ring (bicyclic) bond motifs is 2. The van der Waals surface area contributed by atoms with Crippen LogP contribution in [0.1, 0.15) is 32.1 Å². The molecule has 5 heteroatoms. The molecule has 0 saturated carbocycles. The highest BCUT2D eigenvalue weighted by molar-refractivity contribution is 5.79. The van der Waals surface area contributed by atoms with E-state index in [1.54, 1.807) is 6.08 Å². The third-order valence-corrected chi connectivity index (χ3v) is 4.15. The minimum absolute atomic E-state index is 0.142. The molecule has 2 atom stereocenters. The Morgan fingerprint density at radius 1 is 1.32 bits per heavy atom. The molecule has 2 saturated heterocycles. The molecule has 2 aliphatic rings. The van der Waals surface area contributed by atoms with Crippen LogP contribution in [-0.2, 0) is 9.59 Å². The summed E-state index contributed by atoms with van der Waals surface area (Å²) in [6, 6.07) is 0.502. The summed E-state index contributed by atoms with van der Waals surface area (Å²) in [5, 5.41) is 11.9. The van der Waals surface area contributed by atoms with Crippen molar-refractivity contribution < 1.29 is 14.7 Å². The van der Waals surface area contributed by atoms with Crippen LogP contribution < -0.4 is 5.32 Å². The van der Waals surface area contributed by atoms with Gasteiger partial charge in [0.05, 0.1) is 6.54 Å². The zero-order valence-corrected chi connectivity index (χ0v) is 11.2. The highest BCUT2D eigenvalue weighted by atomic mass is 16.4. The fourth-order valence-electron chi connectivity index (χ4n) is 3.48. The van der Waals surface area contributed by atoms with E-state index in [0.717, 1.165) is 25.7 Å². The van der Waals surface area contributed by atoms with E-state index in [1.165, 1.54) is 0 Å². The van der Waals surface area contributed by atoms with E-state index in [9.17, 15) is 9.59 Å². The molecular weight excluding hydrogens is 244 g/mol. The minimum atomic E-state index is -0.725. The van der Waals surface area contributed by atoms with Crippen molar-refractivity contribution in [3.63, 3.8) is 0 Å². The molecule has 106 valence electrons. The Hall–Kier alpha value is -1.36. The third-order valence-electron chi connectivity index (χ3n) is 4.15. The number of aliphatic carboxylic acids is 1. The van der Waals surface area contributed by atoms with Crippen molar-refractivity contribution in [1.29, 1.82) is 0 Å². The molecule has 2 heterocycles. The van der Waals surface area contributed by atoms with Gasteiger partial charge in [-0.1, -0.05) is 6.08 Å². The number of rotatable bonds is 6. The lowest BCUT2D eigenvalue weighted by Gasteiger charge is -2.38. The average molecular weight is 266 g/mol. The summed E-state index contributed by atoms with van der Waals surface area (Å²) < 4.78 is 0. The van der Waals surface area contributed by atoms with Gasteiger partial charge in [-0.15, -0.1) is 6.58 Å². The molecule has 2 rings (SSSR count). The minimum Gasteiger partial charge on any atom is -0.481 e. The summed E-state index contributed by atoms with van der Waals surface area (Å²) in [4.78, 5) is 25.0. The van der Waals surface area contributed by atoms with E-state index in [4.69, 9.17) is 5.11 Å². The van der Waals surface area contributed by atoms with E-state index in [1.807, 2.05) is 4.90 Å². The van der Waals surface area contributed by atoms with E-state index < -0.39 is 5.97 Å². The Bertz CT molecular complexity index is 356. The summed E-state index contributed by atoms with van der Waals surface area (Å²) >= 11 is 0. The monoisotopic (exact) mass is 266 g/mol. The van der Waals surface area contributed by atoms with Crippen molar-refractivity contribution in [1.82, 2.24) is 10.2 Å². The lowest BCUT2D eigenvalue weighted by Crippen LogP contribution is -2.49. The van der Waals surface area contributed by atoms with Gasteiger partial charge in [-0.05, 0) is 31.6 Å². The number of hydrogen-bond donors (Lipinski definition) is 2. The Morgan fingerprint density at radius 3 is 2.47 bits per heavy atom. The number of carbonyl (C=O) groups excluding carboxylic acids is 1. The largest absolute Gasteiger partial charge is 0.481 e. The molecule has 2 fully saturated rings. The maximum absolute atomic E-state index is 12.2. The molecular formula is C14H22N2O3. The average Bonchev–Trinajstić information content (AvgIpc) is 2.61. The Kier molecular flexibility index (Phi) is 4.58. The number of hydrogen-bond acceptors (Lipinski definition) is 3. The number of piperidine rings is 1. The quantitative estimate of drug-likeness (QED) is 0.556. The number of nitrogens with zero attached hydrogens (tertiary/aromatic N) is 1. The Balaban J connectivity index is 1.89. The van der Waals surface area contributed by atoms with Gasteiger partial charge in [0.1, 0.15) is 0 Å². The maximum atomic E-state index is 12.2. The third kappa shape index (κ3) is 3.35. The van der Waals surface area contributed by atoms with Gasteiger partial charge in [-0.25, -0.2) is 0 Å². The predicted molar refractivity (Wildman–Crippen MR) is 71.7 cm³/mol. The van der Waals surface area contributed by atoms with Crippen LogP contribution in [0, 0.1) is 5.92 Å². The normalized spacial score (nSPS) is 29.3. The van der Waals surface area contributed by atoms with E-state index >= 15 is 0 Å². The molecule has 5 nitrogen and oxygen atoms in total. The van der Waals surface area contributed by atoms with Gasteiger partial charge in [0, 0.05) is 25.0 Å². The van der Waals surface area contributed by atoms with Gasteiger partial charge in [0.15, 0.2) is 0 Å². The van der Waals surface area contributed by atoms with Crippen molar-refractivity contribution in [2.24, 2.45) is 5.92 Å². The first-order valence-electron chi connectivity index (χ1n) is 6.96. The topological polar surface area (TPSA) is 69.6 Å². The molecule has 0 radical (unpaired) electrons. The van der Waals surface area contributed by atoms with Crippen LogP contribution in [0.5, 0.6) is 0 Å². The highest BCUT2D eigenvalue weighted by Gasteiger charge is 2.43. The zero-order valence-electron chi connectivity index (χ0n) is 11.2. The summed E-state index contributed by atoms with van der Waals surface area (Å²) in [5.74, 6) is -0.347. The molecule has 19 heavy (non-hydrogen) atoms. The fraction of sp³-hybridized carbons (Fsp3) is 0.714. The smallest absolute Gasteiger partial charge is 0.303 e. The number of carboxylic acids is 1. The summed E-state index contributed by atoms with van der Waals surface area (Å²) in [6.45, 7) is 4.59. The van der Waals surface area contributed by atoms with Crippen LogP contribution in [0.4, 0.5) is 0 Å². The molecule has 0 aromatic heterocycles. The molecule has 1 amide bonds. The van der Waals surface area contributed by atoms with Gasteiger partial charge >= 0.3 is 5.97 Å². The SMILES string of the molecule is C=CCNCC(=O)N1C2CCC1CC(CC(=O)O)C2. The van der Waals surface area contributed by atoms with Crippen LogP contribution in [0.3, 0.4) is 0 Å². The van der Waals surface area contributed by atoms with Crippen LogP contribution in [-0.4, -0.2) is 47.1 Å². The zero-order chi connectivity index (χ0) is 13.8. The molecule has 2 aliphatic heterocycles. The van der Waals surface area contributed by atoms with Crippen LogP contribution in [0.25, 0.3) is 0 Å². The van der Waals surface area contributed by atoms with E-state index in [-0.39, 0.29) is 30.3 Å².